The first-order valence-corrected chi connectivity index (χ1v) is 6.86. The molecule has 1 aromatic carbocycles. The van der Waals surface area contributed by atoms with Crippen LogP contribution in [0.5, 0.6) is 0 Å². The van der Waals surface area contributed by atoms with Gasteiger partial charge in [-0.2, -0.15) is 0 Å². The fraction of sp³-hybridized carbons (Fsp3) is 0.538. The minimum Gasteiger partial charge on any atom is -0.377 e. The molecule has 0 saturated carbocycles. The van der Waals surface area contributed by atoms with E-state index in [0.717, 1.165) is 36.1 Å². The lowest BCUT2D eigenvalue weighted by molar-refractivity contribution is 0.209. The number of rotatable bonds is 3. The predicted octanol–water partition coefficient (Wildman–Crippen LogP) is 2.28. The van der Waals surface area contributed by atoms with Crippen LogP contribution in [0.25, 0.3) is 0 Å². The average molecular weight is 298 g/mol. The molecule has 1 saturated heterocycles. The summed E-state index contributed by atoms with van der Waals surface area (Å²) in [5.41, 5.74) is 7.18. The Morgan fingerprint density at radius 2 is 2.00 bits per heavy atom. The highest BCUT2D eigenvalue weighted by Crippen LogP contribution is 2.29. The second kappa shape index (κ2) is 5.38. The van der Waals surface area contributed by atoms with Crippen LogP contribution in [-0.2, 0) is 0 Å². The number of para-hydroxylation sites is 1. The molecule has 94 valence electrons. The molecule has 0 unspecified atom stereocenters. The standard InChI is InChI=1S/C13H20BrN3/c1-17-8-6-13(10-15,7-9-17)16-12-5-3-2-4-11(12)14/h2-5,16H,6-10,15H2,1H3. The van der Waals surface area contributed by atoms with E-state index in [1.165, 1.54) is 0 Å². The Morgan fingerprint density at radius 3 is 2.59 bits per heavy atom. The summed E-state index contributed by atoms with van der Waals surface area (Å²) in [7, 11) is 2.17. The zero-order valence-electron chi connectivity index (χ0n) is 10.2. The number of nitrogens with one attached hydrogen (secondary N) is 1. The van der Waals surface area contributed by atoms with Crippen LogP contribution < -0.4 is 11.1 Å². The average Bonchev–Trinajstić information content (AvgIpc) is 2.35. The highest BCUT2D eigenvalue weighted by atomic mass is 79.9. The van der Waals surface area contributed by atoms with Gasteiger partial charge in [0.25, 0.3) is 0 Å². The van der Waals surface area contributed by atoms with E-state index in [0.29, 0.717) is 6.54 Å². The molecule has 2 rings (SSSR count). The minimum atomic E-state index is 0.0520. The Kier molecular flexibility index (Phi) is 4.07. The quantitative estimate of drug-likeness (QED) is 0.899. The van der Waals surface area contributed by atoms with Gasteiger partial charge in [-0.1, -0.05) is 12.1 Å². The summed E-state index contributed by atoms with van der Waals surface area (Å²) in [6.45, 7) is 2.89. The SMILES string of the molecule is CN1CCC(CN)(Nc2ccccc2Br)CC1. The molecule has 1 fully saturated rings. The second-order valence-corrected chi connectivity index (χ2v) is 5.75. The third kappa shape index (κ3) is 3.00. The fourth-order valence-corrected chi connectivity index (χ4v) is 2.66. The number of nitrogens with two attached hydrogens (primary N) is 1. The maximum atomic E-state index is 5.99. The van der Waals surface area contributed by atoms with Gasteiger partial charge >= 0.3 is 0 Å². The highest BCUT2D eigenvalue weighted by molar-refractivity contribution is 9.10. The lowest BCUT2D eigenvalue weighted by atomic mass is 9.87. The van der Waals surface area contributed by atoms with Gasteiger partial charge in [0.15, 0.2) is 0 Å². The molecule has 4 heteroatoms. The van der Waals surface area contributed by atoms with Crippen LogP contribution in [0.3, 0.4) is 0 Å². The highest BCUT2D eigenvalue weighted by Gasteiger charge is 2.32. The summed E-state index contributed by atoms with van der Waals surface area (Å²) >= 11 is 3.57. The summed E-state index contributed by atoms with van der Waals surface area (Å²) in [5, 5.41) is 3.63. The van der Waals surface area contributed by atoms with Crippen LogP contribution in [0.15, 0.2) is 28.7 Å². The van der Waals surface area contributed by atoms with E-state index in [1.54, 1.807) is 0 Å². The molecular formula is C13H20BrN3. The van der Waals surface area contributed by atoms with E-state index in [-0.39, 0.29) is 5.54 Å². The molecule has 0 atom stereocenters. The molecule has 1 heterocycles. The molecule has 0 amide bonds. The summed E-state index contributed by atoms with van der Waals surface area (Å²) in [5.74, 6) is 0. The van der Waals surface area contributed by atoms with Gasteiger partial charge in [0, 0.05) is 29.8 Å². The molecule has 1 aromatic rings. The van der Waals surface area contributed by atoms with Crippen LogP contribution in [-0.4, -0.2) is 37.1 Å². The first kappa shape index (κ1) is 12.9. The van der Waals surface area contributed by atoms with Gasteiger partial charge in [0.2, 0.25) is 0 Å². The van der Waals surface area contributed by atoms with Gasteiger partial charge in [0.1, 0.15) is 0 Å². The van der Waals surface area contributed by atoms with Gasteiger partial charge in [-0.3, -0.25) is 0 Å². The summed E-state index contributed by atoms with van der Waals surface area (Å²) in [4.78, 5) is 2.36. The lowest BCUT2D eigenvalue weighted by Crippen LogP contribution is -2.53. The largest absolute Gasteiger partial charge is 0.377 e. The minimum absolute atomic E-state index is 0.0520. The van der Waals surface area contributed by atoms with Crippen molar-refractivity contribution in [1.82, 2.24) is 4.90 Å². The number of likely N-dealkylation sites (tertiary alicyclic amines) is 1. The Bertz CT molecular complexity index is 373. The number of halogens is 1. The lowest BCUT2D eigenvalue weighted by Gasteiger charge is -2.41. The van der Waals surface area contributed by atoms with Crippen molar-refractivity contribution in [3.05, 3.63) is 28.7 Å². The molecule has 0 aliphatic carbocycles. The molecule has 0 aromatic heterocycles. The summed E-state index contributed by atoms with van der Waals surface area (Å²) in [6, 6.07) is 8.23. The fourth-order valence-electron chi connectivity index (χ4n) is 2.27. The molecule has 0 bridgehead atoms. The smallest absolute Gasteiger partial charge is 0.0520 e. The number of nitrogens with zero attached hydrogens (tertiary/aromatic N) is 1. The monoisotopic (exact) mass is 297 g/mol. The van der Waals surface area contributed by atoms with Crippen molar-refractivity contribution in [3.8, 4) is 0 Å². The van der Waals surface area contributed by atoms with Gasteiger partial charge in [-0.05, 0) is 48.0 Å². The van der Waals surface area contributed by atoms with E-state index in [1.807, 2.05) is 12.1 Å². The van der Waals surface area contributed by atoms with Gasteiger partial charge < -0.3 is 16.0 Å². The molecule has 1 aliphatic rings. The van der Waals surface area contributed by atoms with Crippen LogP contribution in [0.2, 0.25) is 0 Å². The third-order valence-electron chi connectivity index (χ3n) is 3.61. The van der Waals surface area contributed by atoms with E-state index in [9.17, 15) is 0 Å². The number of piperidine rings is 1. The topological polar surface area (TPSA) is 41.3 Å². The van der Waals surface area contributed by atoms with Gasteiger partial charge in [0.05, 0.1) is 5.54 Å². The van der Waals surface area contributed by atoms with Gasteiger partial charge in [-0.25, -0.2) is 0 Å². The molecule has 1 aliphatic heterocycles. The van der Waals surface area contributed by atoms with Crippen molar-refractivity contribution in [2.24, 2.45) is 5.73 Å². The normalized spacial score (nSPS) is 20.2. The second-order valence-electron chi connectivity index (χ2n) is 4.89. The van der Waals surface area contributed by atoms with Crippen molar-refractivity contribution in [1.29, 1.82) is 0 Å². The van der Waals surface area contributed by atoms with Gasteiger partial charge in [-0.15, -0.1) is 0 Å². The number of hydrogen-bond donors (Lipinski definition) is 2. The molecule has 0 spiro atoms. The molecule has 0 radical (unpaired) electrons. The van der Waals surface area contributed by atoms with E-state index in [2.05, 4.69) is 45.3 Å². The maximum Gasteiger partial charge on any atom is 0.0520 e. The van der Waals surface area contributed by atoms with Crippen LogP contribution in [0, 0.1) is 0 Å². The molecular weight excluding hydrogens is 278 g/mol. The first-order valence-electron chi connectivity index (χ1n) is 6.06. The van der Waals surface area contributed by atoms with Crippen LogP contribution >= 0.6 is 15.9 Å². The van der Waals surface area contributed by atoms with Crippen molar-refractivity contribution in [2.45, 2.75) is 18.4 Å². The number of anilines is 1. The summed E-state index contributed by atoms with van der Waals surface area (Å²) in [6.07, 6.45) is 2.20. The van der Waals surface area contributed by atoms with E-state index < -0.39 is 0 Å². The Labute approximate surface area is 111 Å². The van der Waals surface area contributed by atoms with E-state index in [4.69, 9.17) is 5.73 Å². The van der Waals surface area contributed by atoms with E-state index >= 15 is 0 Å². The molecule has 3 N–H and O–H groups in total. The molecule has 3 nitrogen and oxygen atoms in total. The Balaban J connectivity index is 2.12. The zero-order valence-corrected chi connectivity index (χ0v) is 11.8. The Hall–Kier alpha value is -0.580. The van der Waals surface area contributed by atoms with Crippen LogP contribution in [0.4, 0.5) is 5.69 Å². The maximum absolute atomic E-state index is 5.99. The number of hydrogen-bond acceptors (Lipinski definition) is 3. The zero-order chi connectivity index (χ0) is 12.3. The molecule has 17 heavy (non-hydrogen) atoms. The van der Waals surface area contributed by atoms with Crippen LogP contribution in [0.1, 0.15) is 12.8 Å². The number of benzene rings is 1. The first-order chi connectivity index (χ1) is 8.15. The van der Waals surface area contributed by atoms with Crippen molar-refractivity contribution in [2.75, 3.05) is 32.0 Å². The van der Waals surface area contributed by atoms with Crippen molar-refractivity contribution in [3.63, 3.8) is 0 Å². The third-order valence-corrected chi connectivity index (χ3v) is 4.30. The van der Waals surface area contributed by atoms with Crippen molar-refractivity contribution >= 4 is 21.6 Å². The summed E-state index contributed by atoms with van der Waals surface area (Å²) < 4.78 is 1.10. The Morgan fingerprint density at radius 1 is 1.35 bits per heavy atom. The van der Waals surface area contributed by atoms with Crippen molar-refractivity contribution < 1.29 is 0 Å². The predicted molar refractivity (Wildman–Crippen MR) is 76.3 cm³/mol.